The van der Waals surface area contributed by atoms with Crippen LogP contribution in [0.15, 0.2) is 42.5 Å². The molecule has 0 fully saturated rings. The Hall–Kier alpha value is -2.89. The van der Waals surface area contributed by atoms with Crippen molar-refractivity contribution in [3.05, 3.63) is 69.3 Å². The highest BCUT2D eigenvalue weighted by Crippen LogP contribution is 2.32. The summed E-state index contributed by atoms with van der Waals surface area (Å²) in [6.45, 7) is 1.47. The lowest BCUT2D eigenvalue weighted by Gasteiger charge is -2.19. The van der Waals surface area contributed by atoms with Crippen LogP contribution in [0.3, 0.4) is 0 Å². The van der Waals surface area contributed by atoms with E-state index in [1.165, 1.54) is 0 Å². The van der Waals surface area contributed by atoms with Gasteiger partial charge in [-0.25, -0.2) is 0 Å². The number of primary amides is 1. The van der Waals surface area contributed by atoms with Gasteiger partial charge in [-0.3, -0.25) is 14.9 Å². The molecule has 0 radical (unpaired) electrons. The summed E-state index contributed by atoms with van der Waals surface area (Å²) in [5, 5.41) is 10.9. The molecule has 22 heavy (non-hydrogen) atoms. The first-order chi connectivity index (χ1) is 10.5. The number of fused-ring (bicyclic) bond motifs is 1. The number of carbonyl (C=O) groups excluding carboxylic acids is 1. The molecule has 2 N–H and O–H groups in total. The van der Waals surface area contributed by atoms with Crippen molar-refractivity contribution in [3.8, 4) is 0 Å². The molecular weight excluding hydrogens is 282 g/mol. The first-order valence-electron chi connectivity index (χ1n) is 6.95. The van der Waals surface area contributed by atoms with Gasteiger partial charge in [0, 0.05) is 36.5 Å². The average Bonchev–Trinajstić information content (AvgIpc) is 2.90. The van der Waals surface area contributed by atoms with Crippen molar-refractivity contribution in [1.29, 1.82) is 0 Å². The van der Waals surface area contributed by atoms with E-state index >= 15 is 0 Å². The maximum Gasteiger partial charge on any atom is 0.271 e. The van der Waals surface area contributed by atoms with Crippen molar-refractivity contribution >= 4 is 17.3 Å². The van der Waals surface area contributed by atoms with E-state index in [1.807, 2.05) is 18.2 Å². The molecule has 1 heterocycles. The molecular formula is C16H15N3O3. The van der Waals surface area contributed by atoms with Crippen LogP contribution in [0.1, 0.15) is 21.5 Å². The van der Waals surface area contributed by atoms with Crippen molar-refractivity contribution in [2.45, 2.75) is 13.0 Å². The highest BCUT2D eigenvalue weighted by Gasteiger charge is 2.22. The number of benzene rings is 2. The molecule has 1 aliphatic heterocycles. The SMILES string of the molecule is NC(=O)c1ccc(CN2CCc3ccc([N+](=O)[O-])cc32)cc1. The number of non-ortho nitro benzene ring substituents is 1. The van der Waals surface area contributed by atoms with Gasteiger partial charge in [0.05, 0.1) is 4.92 Å². The van der Waals surface area contributed by atoms with E-state index < -0.39 is 5.91 Å². The number of nitrogens with two attached hydrogens (primary N) is 1. The third-order valence-corrected chi connectivity index (χ3v) is 3.88. The second-order valence-corrected chi connectivity index (χ2v) is 5.30. The fourth-order valence-corrected chi connectivity index (χ4v) is 2.71. The summed E-state index contributed by atoms with van der Waals surface area (Å²) in [7, 11) is 0. The third kappa shape index (κ3) is 2.63. The van der Waals surface area contributed by atoms with Crippen LogP contribution in [0.5, 0.6) is 0 Å². The minimum absolute atomic E-state index is 0.106. The van der Waals surface area contributed by atoms with E-state index in [0.717, 1.165) is 29.8 Å². The van der Waals surface area contributed by atoms with Crippen LogP contribution in [0.4, 0.5) is 11.4 Å². The lowest BCUT2D eigenvalue weighted by molar-refractivity contribution is -0.384. The van der Waals surface area contributed by atoms with Gasteiger partial charge in [-0.05, 0) is 29.7 Å². The number of nitrogens with zero attached hydrogens (tertiary/aromatic N) is 2. The molecule has 1 aliphatic rings. The predicted molar refractivity (Wildman–Crippen MR) is 82.8 cm³/mol. The Morgan fingerprint density at radius 1 is 1.23 bits per heavy atom. The quantitative estimate of drug-likeness (QED) is 0.692. The van der Waals surface area contributed by atoms with Crippen molar-refractivity contribution in [2.75, 3.05) is 11.4 Å². The molecule has 0 aromatic heterocycles. The monoisotopic (exact) mass is 297 g/mol. The number of amides is 1. The Balaban J connectivity index is 1.82. The molecule has 0 saturated heterocycles. The first-order valence-corrected chi connectivity index (χ1v) is 6.95. The number of carbonyl (C=O) groups is 1. The van der Waals surface area contributed by atoms with Gasteiger partial charge in [0.15, 0.2) is 0 Å². The van der Waals surface area contributed by atoms with Crippen LogP contribution in [0.25, 0.3) is 0 Å². The van der Waals surface area contributed by atoms with Crippen LogP contribution in [0, 0.1) is 10.1 Å². The fraction of sp³-hybridized carbons (Fsp3) is 0.188. The van der Waals surface area contributed by atoms with Crippen LogP contribution in [-0.2, 0) is 13.0 Å². The first kappa shape index (κ1) is 14.1. The molecule has 0 atom stereocenters. The Kier molecular flexibility index (Phi) is 3.50. The van der Waals surface area contributed by atoms with Crippen molar-refractivity contribution in [2.24, 2.45) is 5.73 Å². The normalized spacial score (nSPS) is 13.0. The summed E-state index contributed by atoms with van der Waals surface area (Å²) in [6, 6.07) is 12.1. The molecule has 0 spiro atoms. The van der Waals surface area contributed by atoms with E-state index in [4.69, 9.17) is 5.73 Å². The molecule has 0 bridgehead atoms. The minimum atomic E-state index is -0.450. The van der Waals surface area contributed by atoms with Crippen molar-refractivity contribution < 1.29 is 9.72 Å². The zero-order valence-electron chi connectivity index (χ0n) is 11.9. The molecule has 0 aliphatic carbocycles. The molecule has 1 amide bonds. The maximum absolute atomic E-state index is 11.1. The van der Waals surface area contributed by atoms with Crippen LogP contribution < -0.4 is 10.6 Å². The zero-order valence-corrected chi connectivity index (χ0v) is 11.9. The summed E-state index contributed by atoms with van der Waals surface area (Å²) in [5.74, 6) is -0.450. The topological polar surface area (TPSA) is 89.5 Å². The van der Waals surface area contributed by atoms with Gasteiger partial charge in [-0.2, -0.15) is 0 Å². The molecule has 0 unspecified atom stereocenters. The lowest BCUT2D eigenvalue weighted by atomic mass is 10.1. The predicted octanol–water partition coefficient (Wildman–Crippen LogP) is 2.26. The molecule has 6 nitrogen and oxygen atoms in total. The molecule has 3 rings (SSSR count). The standard InChI is InChI=1S/C16H15N3O3/c17-16(20)13-3-1-11(2-4-13)10-18-8-7-12-5-6-14(19(21)22)9-15(12)18/h1-6,9H,7-8,10H2,(H2,17,20). The summed E-state index contributed by atoms with van der Waals surface area (Å²) in [4.78, 5) is 23.7. The summed E-state index contributed by atoms with van der Waals surface area (Å²) >= 11 is 0. The zero-order chi connectivity index (χ0) is 15.7. The Morgan fingerprint density at radius 3 is 2.59 bits per heavy atom. The number of hydrogen-bond acceptors (Lipinski definition) is 4. The third-order valence-electron chi connectivity index (χ3n) is 3.88. The maximum atomic E-state index is 11.1. The molecule has 2 aromatic rings. The Labute approximate surface area is 127 Å². The largest absolute Gasteiger partial charge is 0.366 e. The van der Waals surface area contributed by atoms with Gasteiger partial charge < -0.3 is 10.6 Å². The number of rotatable bonds is 4. The molecule has 2 aromatic carbocycles. The lowest BCUT2D eigenvalue weighted by Crippen LogP contribution is -2.20. The van der Waals surface area contributed by atoms with Gasteiger partial charge in [0.1, 0.15) is 0 Å². The van der Waals surface area contributed by atoms with Crippen LogP contribution >= 0.6 is 0 Å². The Morgan fingerprint density at radius 2 is 1.95 bits per heavy atom. The number of hydrogen-bond donors (Lipinski definition) is 1. The van der Waals surface area contributed by atoms with Gasteiger partial charge in [-0.1, -0.05) is 18.2 Å². The number of nitro groups is 1. The molecule has 112 valence electrons. The Bertz CT molecular complexity index is 741. The van der Waals surface area contributed by atoms with E-state index in [-0.39, 0.29) is 10.6 Å². The van der Waals surface area contributed by atoms with Crippen LogP contribution in [-0.4, -0.2) is 17.4 Å². The molecule has 6 heteroatoms. The van der Waals surface area contributed by atoms with Crippen molar-refractivity contribution in [1.82, 2.24) is 0 Å². The van der Waals surface area contributed by atoms with E-state index in [2.05, 4.69) is 4.90 Å². The number of nitro benzene ring substituents is 1. The smallest absolute Gasteiger partial charge is 0.271 e. The highest BCUT2D eigenvalue weighted by atomic mass is 16.6. The van der Waals surface area contributed by atoms with Gasteiger partial charge in [0.25, 0.3) is 5.69 Å². The van der Waals surface area contributed by atoms with Crippen molar-refractivity contribution in [3.63, 3.8) is 0 Å². The minimum Gasteiger partial charge on any atom is -0.366 e. The van der Waals surface area contributed by atoms with Gasteiger partial charge >= 0.3 is 0 Å². The van der Waals surface area contributed by atoms with E-state index in [0.29, 0.717) is 12.1 Å². The highest BCUT2D eigenvalue weighted by molar-refractivity contribution is 5.92. The van der Waals surface area contributed by atoms with E-state index in [9.17, 15) is 14.9 Å². The average molecular weight is 297 g/mol. The van der Waals surface area contributed by atoms with E-state index in [1.54, 1.807) is 24.3 Å². The van der Waals surface area contributed by atoms with Gasteiger partial charge in [-0.15, -0.1) is 0 Å². The second kappa shape index (κ2) is 5.48. The summed E-state index contributed by atoms with van der Waals surface area (Å²) in [6.07, 6.45) is 0.882. The summed E-state index contributed by atoms with van der Waals surface area (Å²) < 4.78 is 0. The fourth-order valence-electron chi connectivity index (χ4n) is 2.71. The van der Waals surface area contributed by atoms with Crippen LogP contribution in [0.2, 0.25) is 0 Å². The molecule has 0 saturated carbocycles. The second-order valence-electron chi connectivity index (χ2n) is 5.30. The van der Waals surface area contributed by atoms with Gasteiger partial charge in [0.2, 0.25) is 5.91 Å². The number of anilines is 1. The summed E-state index contributed by atoms with van der Waals surface area (Å²) in [5.41, 5.74) is 8.87.